The summed E-state index contributed by atoms with van der Waals surface area (Å²) in [7, 11) is 3.45. The Morgan fingerprint density at radius 3 is 2.53 bits per heavy atom. The average molecular weight is 265 g/mol. The van der Waals surface area contributed by atoms with Crippen molar-refractivity contribution >= 4 is 18.4 Å². The molecule has 0 bridgehead atoms. The van der Waals surface area contributed by atoms with Gasteiger partial charge in [-0.1, -0.05) is 0 Å². The molecule has 1 fully saturated rings. The summed E-state index contributed by atoms with van der Waals surface area (Å²) in [5.41, 5.74) is 0. The predicted molar refractivity (Wildman–Crippen MR) is 71.6 cm³/mol. The first-order valence-corrected chi connectivity index (χ1v) is 6.15. The number of nitrogens with one attached hydrogen (secondary N) is 1. The zero-order valence-corrected chi connectivity index (χ0v) is 11.9. The molecule has 1 atom stereocenters. The number of likely N-dealkylation sites (tertiary alicyclic amines) is 1. The molecule has 0 aromatic carbocycles. The lowest BCUT2D eigenvalue weighted by Crippen LogP contribution is -2.44. The molecular formula is C12H25ClN2O2. The normalized spacial score (nSPS) is 19.5. The Morgan fingerprint density at radius 1 is 1.47 bits per heavy atom. The molecule has 1 heterocycles. The standard InChI is InChI=1S/C12H24N2O2.ClH/c1-10(12(15)16-3)14-8-5-11(6-9-14)4-7-13-2;/h10-11,13H,4-9H2,1-3H3;1H. The van der Waals surface area contributed by atoms with Gasteiger partial charge in [0.15, 0.2) is 0 Å². The summed E-state index contributed by atoms with van der Waals surface area (Å²) in [5.74, 6) is 0.697. The van der Waals surface area contributed by atoms with Crippen LogP contribution in [0.2, 0.25) is 0 Å². The molecule has 17 heavy (non-hydrogen) atoms. The lowest BCUT2D eigenvalue weighted by Gasteiger charge is -2.34. The van der Waals surface area contributed by atoms with Crippen LogP contribution < -0.4 is 5.32 Å². The van der Waals surface area contributed by atoms with Crippen LogP contribution in [0.1, 0.15) is 26.2 Å². The number of piperidine rings is 1. The topological polar surface area (TPSA) is 41.6 Å². The number of methoxy groups -OCH3 is 1. The van der Waals surface area contributed by atoms with E-state index >= 15 is 0 Å². The second kappa shape index (κ2) is 8.72. The second-order valence-electron chi connectivity index (χ2n) is 4.57. The molecule has 1 unspecified atom stereocenters. The van der Waals surface area contributed by atoms with Crippen LogP contribution in [0.15, 0.2) is 0 Å². The van der Waals surface area contributed by atoms with Crippen LogP contribution in [0.25, 0.3) is 0 Å². The number of esters is 1. The molecule has 102 valence electrons. The van der Waals surface area contributed by atoms with Crippen molar-refractivity contribution < 1.29 is 9.53 Å². The summed E-state index contributed by atoms with van der Waals surface area (Å²) in [4.78, 5) is 13.6. The molecule has 1 aliphatic heterocycles. The summed E-state index contributed by atoms with van der Waals surface area (Å²) in [6, 6.07) is -0.0877. The Hall–Kier alpha value is -0.320. The van der Waals surface area contributed by atoms with Crippen molar-refractivity contribution in [1.82, 2.24) is 10.2 Å². The summed E-state index contributed by atoms with van der Waals surface area (Å²) in [6.07, 6.45) is 3.64. The third-order valence-electron chi connectivity index (χ3n) is 3.54. The molecule has 0 radical (unpaired) electrons. The Bertz CT molecular complexity index is 219. The first-order chi connectivity index (χ1) is 7.69. The number of nitrogens with zero attached hydrogens (tertiary/aromatic N) is 1. The maximum absolute atomic E-state index is 11.4. The highest BCUT2D eigenvalue weighted by molar-refractivity contribution is 5.85. The van der Waals surface area contributed by atoms with Gasteiger partial charge < -0.3 is 10.1 Å². The van der Waals surface area contributed by atoms with Crippen molar-refractivity contribution in [2.24, 2.45) is 5.92 Å². The number of halogens is 1. The van der Waals surface area contributed by atoms with Crippen LogP contribution in [-0.2, 0) is 9.53 Å². The van der Waals surface area contributed by atoms with Crippen molar-refractivity contribution in [1.29, 1.82) is 0 Å². The number of hydrogen-bond donors (Lipinski definition) is 1. The monoisotopic (exact) mass is 264 g/mol. The molecule has 4 nitrogen and oxygen atoms in total. The van der Waals surface area contributed by atoms with E-state index in [-0.39, 0.29) is 24.4 Å². The van der Waals surface area contributed by atoms with E-state index in [0.717, 1.165) is 25.6 Å². The largest absolute Gasteiger partial charge is 0.468 e. The maximum atomic E-state index is 11.4. The highest BCUT2D eigenvalue weighted by Crippen LogP contribution is 2.21. The molecule has 0 aliphatic carbocycles. The lowest BCUT2D eigenvalue weighted by atomic mass is 9.93. The van der Waals surface area contributed by atoms with Gasteiger partial charge in [0.1, 0.15) is 6.04 Å². The first-order valence-electron chi connectivity index (χ1n) is 6.15. The number of rotatable bonds is 5. The van der Waals surface area contributed by atoms with Gasteiger partial charge >= 0.3 is 5.97 Å². The minimum Gasteiger partial charge on any atom is -0.468 e. The summed E-state index contributed by atoms with van der Waals surface area (Å²) in [5, 5.41) is 3.19. The molecule has 0 amide bonds. The average Bonchev–Trinajstić information content (AvgIpc) is 2.35. The van der Waals surface area contributed by atoms with E-state index < -0.39 is 0 Å². The van der Waals surface area contributed by atoms with Crippen molar-refractivity contribution in [3.05, 3.63) is 0 Å². The highest BCUT2D eigenvalue weighted by atomic mass is 35.5. The molecule has 1 aliphatic rings. The molecule has 0 aromatic rings. The number of ether oxygens (including phenoxy) is 1. The van der Waals surface area contributed by atoms with Crippen molar-refractivity contribution in [3.8, 4) is 0 Å². The number of carbonyl (C=O) groups is 1. The fraction of sp³-hybridized carbons (Fsp3) is 0.917. The Kier molecular flexibility index (Phi) is 8.56. The van der Waals surface area contributed by atoms with Crippen LogP contribution in [0.5, 0.6) is 0 Å². The van der Waals surface area contributed by atoms with Crippen LogP contribution in [0.4, 0.5) is 0 Å². The molecule has 1 N–H and O–H groups in total. The smallest absolute Gasteiger partial charge is 0.322 e. The molecule has 5 heteroatoms. The third-order valence-corrected chi connectivity index (χ3v) is 3.54. The zero-order chi connectivity index (χ0) is 12.0. The molecule has 1 rings (SSSR count). The molecular weight excluding hydrogens is 240 g/mol. The minimum atomic E-state index is -0.117. The molecule has 1 saturated heterocycles. The summed E-state index contributed by atoms with van der Waals surface area (Å²) >= 11 is 0. The van der Waals surface area contributed by atoms with E-state index in [4.69, 9.17) is 4.74 Å². The molecule has 0 aromatic heterocycles. The lowest BCUT2D eigenvalue weighted by molar-refractivity contribution is -0.146. The maximum Gasteiger partial charge on any atom is 0.322 e. The number of carbonyl (C=O) groups excluding carboxylic acids is 1. The van der Waals surface area contributed by atoms with Crippen LogP contribution in [-0.4, -0.2) is 50.7 Å². The van der Waals surface area contributed by atoms with E-state index in [1.54, 1.807) is 0 Å². The minimum absolute atomic E-state index is 0. The van der Waals surface area contributed by atoms with Crippen LogP contribution in [0.3, 0.4) is 0 Å². The Balaban J connectivity index is 0.00000256. The van der Waals surface area contributed by atoms with Gasteiger partial charge in [0, 0.05) is 0 Å². The van der Waals surface area contributed by atoms with Crippen molar-refractivity contribution in [2.75, 3.05) is 33.8 Å². The van der Waals surface area contributed by atoms with Gasteiger partial charge in [-0.05, 0) is 58.8 Å². The zero-order valence-electron chi connectivity index (χ0n) is 11.1. The van der Waals surface area contributed by atoms with Gasteiger partial charge in [-0.3, -0.25) is 9.69 Å². The SMILES string of the molecule is CNCCC1CCN(C(C)C(=O)OC)CC1.Cl. The van der Waals surface area contributed by atoms with Gasteiger partial charge in [0.25, 0.3) is 0 Å². The molecule has 0 spiro atoms. The van der Waals surface area contributed by atoms with E-state index in [1.165, 1.54) is 26.4 Å². The quantitative estimate of drug-likeness (QED) is 0.760. The van der Waals surface area contributed by atoms with Gasteiger partial charge in [-0.15, -0.1) is 12.4 Å². The van der Waals surface area contributed by atoms with Crippen molar-refractivity contribution in [3.63, 3.8) is 0 Å². The van der Waals surface area contributed by atoms with E-state index in [9.17, 15) is 4.79 Å². The van der Waals surface area contributed by atoms with Gasteiger partial charge in [-0.2, -0.15) is 0 Å². The Morgan fingerprint density at radius 2 is 2.06 bits per heavy atom. The Labute approximate surface area is 110 Å². The van der Waals surface area contributed by atoms with E-state index in [2.05, 4.69) is 10.2 Å². The van der Waals surface area contributed by atoms with Crippen molar-refractivity contribution in [2.45, 2.75) is 32.2 Å². The fourth-order valence-corrected chi connectivity index (χ4v) is 2.30. The van der Waals surface area contributed by atoms with E-state index in [0.29, 0.717) is 0 Å². The first kappa shape index (κ1) is 16.7. The third kappa shape index (κ3) is 5.23. The van der Waals surface area contributed by atoms with Crippen LogP contribution in [0, 0.1) is 5.92 Å². The van der Waals surface area contributed by atoms with Gasteiger partial charge in [0.2, 0.25) is 0 Å². The van der Waals surface area contributed by atoms with E-state index in [1.807, 2.05) is 14.0 Å². The summed E-state index contributed by atoms with van der Waals surface area (Å²) in [6.45, 7) is 5.06. The second-order valence-corrected chi connectivity index (χ2v) is 4.57. The predicted octanol–water partition coefficient (Wildman–Crippen LogP) is 1.29. The summed E-state index contributed by atoms with van der Waals surface area (Å²) < 4.78 is 4.77. The fourth-order valence-electron chi connectivity index (χ4n) is 2.30. The number of hydrogen-bond acceptors (Lipinski definition) is 4. The molecule has 0 saturated carbocycles. The van der Waals surface area contributed by atoms with Gasteiger partial charge in [0.05, 0.1) is 7.11 Å². The van der Waals surface area contributed by atoms with Gasteiger partial charge in [-0.25, -0.2) is 0 Å². The highest BCUT2D eigenvalue weighted by Gasteiger charge is 2.26. The van der Waals surface area contributed by atoms with Crippen LogP contribution >= 0.6 is 12.4 Å².